The lowest BCUT2D eigenvalue weighted by Gasteiger charge is -2.39. The predicted molar refractivity (Wildman–Crippen MR) is 120 cm³/mol. The molecule has 2 atom stereocenters. The first-order chi connectivity index (χ1) is 14.5. The molecule has 4 rings (SSSR count). The lowest BCUT2D eigenvalue weighted by atomic mass is 9.98. The van der Waals surface area contributed by atoms with Gasteiger partial charge in [0, 0.05) is 18.3 Å². The summed E-state index contributed by atoms with van der Waals surface area (Å²) in [6.45, 7) is 6.18. The zero-order valence-electron chi connectivity index (χ0n) is 17.5. The van der Waals surface area contributed by atoms with Gasteiger partial charge in [0.1, 0.15) is 5.82 Å². The van der Waals surface area contributed by atoms with Crippen molar-refractivity contribution in [3.05, 3.63) is 58.5 Å². The zero-order chi connectivity index (χ0) is 21.3. The summed E-state index contributed by atoms with van der Waals surface area (Å²) in [6.07, 6.45) is 4.91. The zero-order valence-corrected chi connectivity index (χ0v) is 18.4. The highest BCUT2D eigenvalue weighted by atomic mass is 32.2. The molecule has 0 bridgehead atoms. The molecular weight excluding hydrogens is 396 g/mol. The van der Waals surface area contributed by atoms with Crippen LogP contribution in [0.3, 0.4) is 0 Å². The number of para-hydroxylation sites is 1. The number of nitrogens with zero attached hydrogens (tertiary/aromatic N) is 4. The van der Waals surface area contributed by atoms with Crippen molar-refractivity contribution < 1.29 is 4.79 Å². The quantitative estimate of drug-likeness (QED) is 0.470. The number of piperidine rings is 1. The van der Waals surface area contributed by atoms with Crippen molar-refractivity contribution in [1.82, 2.24) is 19.4 Å². The molecule has 2 aromatic heterocycles. The first kappa shape index (κ1) is 20.6. The van der Waals surface area contributed by atoms with Gasteiger partial charge in [-0.05, 0) is 69.9 Å². The van der Waals surface area contributed by atoms with Crippen LogP contribution in [-0.2, 0) is 4.79 Å². The monoisotopic (exact) mass is 422 g/mol. The van der Waals surface area contributed by atoms with E-state index in [0.717, 1.165) is 24.8 Å². The fourth-order valence-corrected chi connectivity index (χ4v) is 5.04. The number of rotatable bonds is 4. The van der Waals surface area contributed by atoms with Crippen LogP contribution >= 0.6 is 11.8 Å². The Labute approximate surface area is 180 Å². The van der Waals surface area contributed by atoms with Crippen LogP contribution in [0, 0.1) is 6.92 Å². The molecule has 6 nitrogen and oxygen atoms in total. The highest BCUT2D eigenvalue weighted by Gasteiger charge is 2.29. The molecule has 0 aliphatic carbocycles. The molecule has 2 unspecified atom stereocenters. The average molecular weight is 423 g/mol. The molecule has 1 fully saturated rings. The van der Waals surface area contributed by atoms with Gasteiger partial charge in [-0.3, -0.25) is 9.59 Å². The summed E-state index contributed by atoms with van der Waals surface area (Å²) in [5.74, 6) is 0.851. The van der Waals surface area contributed by atoms with E-state index < -0.39 is 0 Å². The molecule has 1 saturated heterocycles. The van der Waals surface area contributed by atoms with Crippen molar-refractivity contribution in [3.63, 3.8) is 0 Å². The highest BCUT2D eigenvalue weighted by molar-refractivity contribution is 7.99. The average Bonchev–Trinajstić information content (AvgIpc) is 2.72. The maximum Gasteiger partial charge on any atom is 0.267 e. The minimum Gasteiger partial charge on any atom is -0.337 e. The number of hydrogen-bond acceptors (Lipinski definition) is 5. The number of thioether (sulfide) groups is 1. The first-order valence-corrected chi connectivity index (χ1v) is 11.3. The lowest BCUT2D eigenvalue weighted by molar-refractivity contribution is -0.134. The number of pyridine rings is 1. The van der Waals surface area contributed by atoms with Crippen LogP contribution in [0.1, 0.15) is 38.7 Å². The summed E-state index contributed by atoms with van der Waals surface area (Å²) < 4.78 is 1.52. The van der Waals surface area contributed by atoms with Crippen molar-refractivity contribution >= 4 is 28.6 Å². The summed E-state index contributed by atoms with van der Waals surface area (Å²) in [6, 6.07) is 11.5. The van der Waals surface area contributed by atoms with Gasteiger partial charge in [-0.1, -0.05) is 23.9 Å². The molecule has 1 aliphatic rings. The fourth-order valence-electron chi connectivity index (χ4n) is 4.17. The highest BCUT2D eigenvalue weighted by Crippen LogP contribution is 2.26. The molecule has 7 heteroatoms. The van der Waals surface area contributed by atoms with Gasteiger partial charge in [0.2, 0.25) is 5.91 Å². The lowest BCUT2D eigenvalue weighted by Crippen LogP contribution is -2.48. The molecule has 0 radical (unpaired) electrons. The number of carbonyl (C=O) groups excluding carboxylic acids is 1. The minimum atomic E-state index is -0.173. The van der Waals surface area contributed by atoms with Gasteiger partial charge in [0.05, 0.1) is 16.7 Å². The van der Waals surface area contributed by atoms with Crippen LogP contribution in [0.4, 0.5) is 0 Å². The second-order valence-corrected chi connectivity index (χ2v) is 8.90. The number of fused-ring (bicyclic) bond motifs is 1. The summed E-state index contributed by atoms with van der Waals surface area (Å²) in [5.41, 5.74) is 1.46. The van der Waals surface area contributed by atoms with Crippen LogP contribution in [0.25, 0.3) is 16.7 Å². The normalized spacial score (nSPS) is 19.2. The van der Waals surface area contributed by atoms with E-state index in [4.69, 9.17) is 4.98 Å². The molecule has 156 valence electrons. The third-order valence-electron chi connectivity index (χ3n) is 5.68. The predicted octanol–water partition coefficient (Wildman–Crippen LogP) is 3.97. The Hall–Kier alpha value is -2.67. The van der Waals surface area contributed by atoms with Crippen molar-refractivity contribution in [2.45, 2.75) is 57.3 Å². The van der Waals surface area contributed by atoms with Crippen LogP contribution in [0.15, 0.2) is 52.5 Å². The van der Waals surface area contributed by atoms with E-state index >= 15 is 0 Å². The molecule has 3 heterocycles. The standard InChI is InChI=1S/C23H26N4O2S/c1-15-11-12-24-20(13-15)27-22(29)18-9-4-5-10-19(18)25-23(27)30-14-21(28)26-16(2)7-6-8-17(26)3/h4-5,9-13,16-17H,6-8,14H2,1-3H3. The Morgan fingerprint density at radius 3 is 2.63 bits per heavy atom. The number of benzene rings is 1. The van der Waals surface area contributed by atoms with Gasteiger partial charge in [-0.2, -0.15) is 0 Å². The van der Waals surface area contributed by atoms with E-state index in [1.165, 1.54) is 16.3 Å². The van der Waals surface area contributed by atoms with Gasteiger partial charge >= 0.3 is 0 Å². The second-order valence-electron chi connectivity index (χ2n) is 7.96. The molecule has 30 heavy (non-hydrogen) atoms. The van der Waals surface area contributed by atoms with E-state index in [2.05, 4.69) is 18.8 Å². The van der Waals surface area contributed by atoms with Crippen LogP contribution in [0.2, 0.25) is 0 Å². The maximum atomic E-state index is 13.3. The van der Waals surface area contributed by atoms with Crippen LogP contribution in [0.5, 0.6) is 0 Å². The molecule has 1 amide bonds. The minimum absolute atomic E-state index is 0.0888. The molecule has 0 spiro atoms. The van der Waals surface area contributed by atoms with Crippen LogP contribution in [-0.4, -0.2) is 43.2 Å². The third-order valence-corrected chi connectivity index (χ3v) is 6.60. The number of likely N-dealkylation sites (tertiary alicyclic amines) is 1. The van der Waals surface area contributed by atoms with Gasteiger partial charge in [0.25, 0.3) is 5.56 Å². The van der Waals surface area contributed by atoms with Crippen molar-refractivity contribution in [1.29, 1.82) is 0 Å². The smallest absolute Gasteiger partial charge is 0.267 e. The number of hydrogen-bond donors (Lipinski definition) is 0. The van der Waals surface area contributed by atoms with Crippen molar-refractivity contribution in [2.75, 3.05) is 5.75 Å². The Morgan fingerprint density at radius 2 is 1.90 bits per heavy atom. The van der Waals surface area contributed by atoms with Gasteiger partial charge < -0.3 is 4.90 Å². The van der Waals surface area contributed by atoms with E-state index in [9.17, 15) is 9.59 Å². The van der Waals surface area contributed by atoms with E-state index in [1.54, 1.807) is 12.3 Å². The number of aromatic nitrogens is 3. The first-order valence-electron chi connectivity index (χ1n) is 10.3. The largest absolute Gasteiger partial charge is 0.337 e. The molecule has 0 saturated carbocycles. The van der Waals surface area contributed by atoms with Gasteiger partial charge in [-0.15, -0.1) is 0 Å². The Balaban J connectivity index is 1.72. The fraction of sp³-hybridized carbons (Fsp3) is 0.391. The van der Waals surface area contributed by atoms with E-state index in [0.29, 0.717) is 21.9 Å². The third kappa shape index (κ3) is 3.99. The topological polar surface area (TPSA) is 68.1 Å². The summed E-state index contributed by atoms with van der Waals surface area (Å²) in [5, 5.41) is 1.03. The second kappa shape index (κ2) is 8.60. The van der Waals surface area contributed by atoms with Gasteiger partial charge in [-0.25, -0.2) is 14.5 Å². The van der Waals surface area contributed by atoms with E-state index in [1.807, 2.05) is 42.2 Å². The Morgan fingerprint density at radius 1 is 1.17 bits per heavy atom. The Kier molecular flexibility index (Phi) is 5.90. The van der Waals surface area contributed by atoms with Crippen molar-refractivity contribution in [2.24, 2.45) is 0 Å². The van der Waals surface area contributed by atoms with Crippen molar-refractivity contribution in [3.8, 4) is 5.82 Å². The molecule has 1 aliphatic heterocycles. The molecule has 1 aromatic carbocycles. The molecular formula is C23H26N4O2S. The van der Waals surface area contributed by atoms with Crippen LogP contribution < -0.4 is 5.56 Å². The molecule has 0 N–H and O–H groups in total. The van der Waals surface area contributed by atoms with E-state index in [-0.39, 0.29) is 29.3 Å². The number of aryl methyl sites for hydroxylation is 1. The number of carbonyl (C=O) groups is 1. The number of amides is 1. The SMILES string of the molecule is Cc1ccnc(-n2c(SCC(=O)N3C(C)CCCC3C)nc3ccccc3c2=O)c1. The summed E-state index contributed by atoms with van der Waals surface area (Å²) in [7, 11) is 0. The molecule has 3 aromatic rings. The summed E-state index contributed by atoms with van der Waals surface area (Å²) in [4.78, 5) is 37.4. The van der Waals surface area contributed by atoms with Gasteiger partial charge in [0.15, 0.2) is 5.16 Å². The summed E-state index contributed by atoms with van der Waals surface area (Å²) >= 11 is 1.30. The maximum absolute atomic E-state index is 13.3. The Bertz CT molecular complexity index is 1130.